The summed E-state index contributed by atoms with van der Waals surface area (Å²) in [5.74, 6) is 0.629. The molecule has 0 radical (unpaired) electrons. The molecule has 1 atom stereocenters. The molecule has 19 heavy (non-hydrogen) atoms. The minimum absolute atomic E-state index is 0.0629. The lowest BCUT2D eigenvalue weighted by molar-refractivity contribution is 0.585. The van der Waals surface area contributed by atoms with Gasteiger partial charge in [-0.15, -0.1) is 5.10 Å². The lowest BCUT2D eigenvalue weighted by Crippen LogP contribution is -2.15. The zero-order valence-electron chi connectivity index (χ0n) is 10.2. The Hall–Kier alpha value is -1.73. The van der Waals surface area contributed by atoms with Crippen LogP contribution in [0.25, 0.3) is 0 Å². The number of fused-ring (bicyclic) bond motifs is 1. The van der Waals surface area contributed by atoms with E-state index in [1.807, 2.05) is 12.1 Å². The van der Waals surface area contributed by atoms with Gasteiger partial charge in [-0.05, 0) is 30.4 Å². The number of H-pyrrole nitrogens is 1. The Morgan fingerprint density at radius 2 is 2.11 bits per heavy atom. The monoisotopic (exact) mass is 278 g/mol. The van der Waals surface area contributed by atoms with Gasteiger partial charge in [-0.2, -0.15) is 0 Å². The van der Waals surface area contributed by atoms with Gasteiger partial charge < -0.3 is 0 Å². The van der Waals surface area contributed by atoms with Crippen LogP contribution >= 0.6 is 0 Å². The van der Waals surface area contributed by atoms with E-state index in [-0.39, 0.29) is 11.1 Å². The highest BCUT2D eigenvalue weighted by Gasteiger charge is 2.26. The van der Waals surface area contributed by atoms with Gasteiger partial charge in [-0.3, -0.25) is 5.10 Å². The van der Waals surface area contributed by atoms with Crippen LogP contribution in [0.3, 0.4) is 0 Å². The maximum absolute atomic E-state index is 11.2. The Kier molecular flexibility index (Phi) is 2.87. The van der Waals surface area contributed by atoms with Crippen LogP contribution in [0.15, 0.2) is 29.4 Å². The summed E-state index contributed by atoms with van der Waals surface area (Å²) < 4.78 is 22.4. The first-order valence-corrected chi connectivity index (χ1v) is 7.63. The summed E-state index contributed by atoms with van der Waals surface area (Å²) in [5.41, 5.74) is 2.47. The molecule has 1 aliphatic rings. The number of sulfonamides is 1. The minimum atomic E-state index is -3.85. The molecule has 0 saturated carbocycles. The summed E-state index contributed by atoms with van der Waals surface area (Å²) in [6.07, 6.45) is 3.02. The van der Waals surface area contributed by atoms with E-state index in [0.29, 0.717) is 5.82 Å². The molecule has 6 nitrogen and oxygen atoms in total. The molecule has 1 aliphatic carbocycles. The molecule has 3 rings (SSSR count). The zero-order valence-corrected chi connectivity index (χ0v) is 11.0. The quantitative estimate of drug-likeness (QED) is 0.852. The van der Waals surface area contributed by atoms with Gasteiger partial charge in [-0.1, -0.05) is 24.3 Å². The smallest absolute Gasteiger partial charge is 0.261 e. The predicted molar refractivity (Wildman–Crippen MR) is 69.0 cm³/mol. The first kappa shape index (κ1) is 12.3. The van der Waals surface area contributed by atoms with E-state index >= 15 is 0 Å². The lowest BCUT2D eigenvalue weighted by Gasteiger charge is -2.23. The van der Waals surface area contributed by atoms with Gasteiger partial charge in [0, 0.05) is 5.92 Å². The van der Waals surface area contributed by atoms with E-state index in [1.165, 1.54) is 11.1 Å². The number of nitrogens with two attached hydrogens (primary N) is 1. The third-order valence-electron chi connectivity index (χ3n) is 3.44. The number of nitrogens with one attached hydrogen (secondary N) is 1. The molecule has 0 fully saturated rings. The number of aromatic amines is 1. The van der Waals surface area contributed by atoms with Gasteiger partial charge in [0.1, 0.15) is 5.82 Å². The highest BCUT2D eigenvalue weighted by Crippen LogP contribution is 2.34. The summed E-state index contributed by atoms with van der Waals surface area (Å²) in [6, 6.07) is 8.14. The lowest BCUT2D eigenvalue weighted by atomic mass is 9.82. The second-order valence-corrected chi connectivity index (χ2v) is 6.15. The largest absolute Gasteiger partial charge is 0.282 e. The fraction of sp³-hybridized carbons (Fsp3) is 0.333. The number of hydrogen-bond acceptors (Lipinski definition) is 4. The fourth-order valence-corrected chi connectivity index (χ4v) is 2.98. The van der Waals surface area contributed by atoms with Crippen LogP contribution < -0.4 is 5.14 Å². The number of nitrogens with zero attached hydrogens (tertiary/aromatic N) is 2. The number of hydrogen-bond donors (Lipinski definition) is 2. The molecule has 7 heteroatoms. The van der Waals surface area contributed by atoms with Crippen molar-refractivity contribution >= 4 is 10.0 Å². The number of benzene rings is 1. The number of aryl methyl sites for hydroxylation is 1. The van der Waals surface area contributed by atoms with Crippen molar-refractivity contribution in [2.75, 3.05) is 0 Å². The zero-order chi connectivity index (χ0) is 13.5. The Morgan fingerprint density at radius 3 is 2.84 bits per heavy atom. The van der Waals surface area contributed by atoms with Crippen LogP contribution in [-0.4, -0.2) is 23.6 Å². The van der Waals surface area contributed by atoms with Gasteiger partial charge in [0.15, 0.2) is 0 Å². The van der Waals surface area contributed by atoms with E-state index in [1.54, 1.807) is 0 Å². The van der Waals surface area contributed by atoms with Gasteiger partial charge in [0.25, 0.3) is 15.2 Å². The van der Waals surface area contributed by atoms with Crippen LogP contribution in [0.2, 0.25) is 0 Å². The number of primary sulfonamides is 1. The van der Waals surface area contributed by atoms with Crippen LogP contribution in [0.5, 0.6) is 0 Å². The molecule has 0 bridgehead atoms. The highest BCUT2D eigenvalue weighted by molar-refractivity contribution is 7.89. The molecule has 1 heterocycles. The first-order valence-electron chi connectivity index (χ1n) is 6.08. The van der Waals surface area contributed by atoms with Crippen molar-refractivity contribution < 1.29 is 8.42 Å². The molecular weight excluding hydrogens is 264 g/mol. The summed E-state index contributed by atoms with van der Waals surface area (Å²) in [5, 5.41) is 11.1. The molecule has 100 valence electrons. The molecule has 0 saturated heterocycles. The molecule has 2 aromatic rings. The van der Waals surface area contributed by atoms with Crippen LogP contribution in [0.1, 0.15) is 35.7 Å². The van der Waals surface area contributed by atoms with Crippen molar-refractivity contribution in [3.63, 3.8) is 0 Å². The maximum Gasteiger partial charge on any atom is 0.282 e. The molecule has 0 spiro atoms. The maximum atomic E-state index is 11.2. The Bertz CT molecular complexity index is 708. The van der Waals surface area contributed by atoms with E-state index in [4.69, 9.17) is 5.14 Å². The topological polar surface area (TPSA) is 102 Å². The Labute approximate surface area is 111 Å². The fourth-order valence-electron chi connectivity index (χ4n) is 2.58. The van der Waals surface area contributed by atoms with Crippen molar-refractivity contribution in [3.8, 4) is 0 Å². The molecule has 1 unspecified atom stereocenters. The second kappa shape index (κ2) is 4.43. The van der Waals surface area contributed by atoms with Gasteiger partial charge in [-0.25, -0.2) is 18.5 Å². The summed E-state index contributed by atoms with van der Waals surface area (Å²) in [7, 11) is -3.85. The predicted octanol–water partition coefficient (Wildman–Crippen LogP) is 0.920. The van der Waals surface area contributed by atoms with Crippen molar-refractivity contribution in [3.05, 3.63) is 41.2 Å². The summed E-state index contributed by atoms with van der Waals surface area (Å²) in [4.78, 5) is 4.02. The molecule has 1 aromatic heterocycles. The van der Waals surface area contributed by atoms with Gasteiger partial charge in [0.2, 0.25) is 0 Å². The first-order chi connectivity index (χ1) is 9.05. The Morgan fingerprint density at radius 1 is 1.32 bits per heavy atom. The van der Waals surface area contributed by atoms with Gasteiger partial charge in [0.05, 0.1) is 0 Å². The SMILES string of the molecule is NS(=O)(=O)c1n[nH]c(C2CCCc3ccccc32)n1. The van der Waals surface area contributed by atoms with E-state index in [0.717, 1.165) is 19.3 Å². The van der Waals surface area contributed by atoms with Crippen molar-refractivity contribution in [1.82, 2.24) is 15.2 Å². The minimum Gasteiger partial charge on any atom is -0.261 e. The van der Waals surface area contributed by atoms with Crippen molar-refractivity contribution in [2.24, 2.45) is 5.14 Å². The van der Waals surface area contributed by atoms with Crippen LogP contribution in [-0.2, 0) is 16.4 Å². The molecular formula is C12H14N4O2S. The van der Waals surface area contributed by atoms with Crippen molar-refractivity contribution in [1.29, 1.82) is 0 Å². The average Bonchev–Trinajstić information content (AvgIpc) is 2.87. The average molecular weight is 278 g/mol. The summed E-state index contributed by atoms with van der Waals surface area (Å²) in [6.45, 7) is 0. The molecule has 0 amide bonds. The highest BCUT2D eigenvalue weighted by atomic mass is 32.2. The van der Waals surface area contributed by atoms with E-state index < -0.39 is 10.0 Å². The molecule has 0 aliphatic heterocycles. The second-order valence-electron chi connectivity index (χ2n) is 4.69. The van der Waals surface area contributed by atoms with Crippen LogP contribution in [0.4, 0.5) is 0 Å². The van der Waals surface area contributed by atoms with Crippen LogP contribution in [0, 0.1) is 0 Å². The standard InChI is InChI=1S/C12H14N4O2S/c13-19(17,18)12-14-11(15-16-12)10-7-3-5-8-4-1-2-6-9(8)10/h1-2,4,6,10H,3,5,7H2,(H2,13,17,18)(H,14,15,16). The summed E-state index contributed by atoms with van der Waals surface area (Å²) >= 11 is 0. The molecule has 1 aromatic carbocycles. The third-order valence-corrected chi connectivity index (χ3v) is 4.13. The van der Waals surface area contributed by atoms with E-state index in [2.05, 4.69) is 27.3 Å². The number of aromatic nitrogens is 3. The number of rotatable bonds is 2. The normalized spacial score (nSPS) is 19.1. The Balaban J connectivity index is 2.02. The van der Waals surface area contributed by atoms with Gasteiger partial charge >= 0.3 is 0 Å². The van der Waals surface area contributed by atoms with Crippen molar-refractivity contribution in [2.45, 2.75) is 30.3 Å². The molecule has 3 N–H and O–H groups in total. The third kappa shape index (κ3) is 2.26. The van der Waals surface area contributed by atoms with E-state index in [9.17, 15) is 8.42 Å².